The summed E-state index contributed by atoms with van der Waals surface area (Å²) >= 11 is 0. The van der Waals surface area contributed by atoms with Gasteiger partial charge in [-0.05, 0) is 46.1 Å². The van der Waals surface area contributed by atoms with E-state index in [-0.39, 0.29) is 6.09 Å². The standard InChI is InChI=1S/C17H34N2O2/c1-5-15(13-19-16(20)21-17(2,3)4)18-12-11-14-9-7-6-8-10-14/h14-15,18H,5-13H2,1-4H3,(H,19,20). The number of hydrogen-bond acceptors (Lipinski definition) is 3. The summed E-state index contributed by atoms with van der Waals surface area (Å²) in [6.07, 6.45) is 8.98. The van der Waals surface area contributed by atoms with E-state index in [4.69, 9.17) is 4.74 Å². The number of rotatable bonds is 7. The summed E-state index contributed by atoms with van der Waals surface area (Å²) in [7, 11) is 0. The fourth-order valence-electron chi connectivity index (χ4n) is 2.85. The maximum absolute atomic E-state index is 11.6. The zero-order valence-electron chi connectivity index (χ0n) is 14.3. The zero-order valence-corrected chi connectivity index (χ0v) is 14.3. The van der Waals surface area contributed by atoms with Gasteiger partial charge in [-0.2, -0.15) is 0 Å². The molecule has 21 heavy (non-hydrogen) atoms. The minimum absolute atomic E-state index is 0.324. The number of carbonyl (C=O) groups is 1. The molecule has 1 amide bonds. The van der Waals surface area contributed by atoms with Gasteiger partial charge in [0.15, 0.2) is 0 Å². The summed E-state index contributed by atoms with van der Waals surface area (Å²) < 4.78 is 5.25. The van der Waals surface area contributed by atoms with Crippen LogP contribution >= 0.6 is 0 Å². The summed E-state index contributed by atoms with van der Waals surface area (Å²) in [6, 6.07) is 0.334. The van der Waals surface area contributed by atoms with E-state index in [1.165, 1.54) is 38.5 Å². The molecule has 0 heterocycles. The highest BCUT2D eigenvalue weighted by molar-refractivity contribution is 5.67. The largest absolute Gasteiger partial charge is 0.444 e. The fraction of sp³-hybridized carbons (Fsp3) is 0.941. The van der Waals surface area contributed by atoms with Gasteiger partial charge in [-0.15, -0.1) is 0 Å². The fourth-order valence-corrected chi connectivity index (χ4v) is 2.85. The van der Waals surface area contributed by atoms with Crippen molar-refractivity contribution in [2.24, 2.45) is 5.92 Å². The zero-order chi connectivity index (χ0) is 15.7. The Kier molecular flexibility index (Phi) is 8.09. The second-order valence-corrected chi connectivity index (χ2v) is 7.23. The molecule has 4 heteroatoms. The number of amides is 1. The maximum atomic E-state index is 11.6. The number of alkyl carbamates (subject to hydrolysis) is 1. The molecule has 1 saturated carbocycles. The molecule has 0 radical (unpaired) electrons. The van der Waals surface area contributed by atoms with Gasteiger partial charge in [-0.1, -0.05) is 39.0 Å². The van der Waals surface area contributed by atoms with Crippen LogP contribution in [0.3, 0.4) is 0 Å². The molecule has 0 aromatic rings. The number of carbonyl (C=O) groups excluding carboxylic acids is 1. The molecule has 0 spiro atoms. The smallest absolute Gasteiger partial charge is 0.407 e. The van der Waals surface area contributed by atoms with Gasteiger partial charge < -0.3 is 15.4 Å². The van der Waals surface area contributed by atoms with Gasteiger partial charge in [0, 0.05) is 12.6 Å². The van der Waals surface area contributed by atoms with E-state index in [2.05, 4.69) is 17.6 Å². The van der Waals surface area contributed by atoms with Crippen molar-refractivity contribution >= 4 is 6.09 Å². The Hall–Kier alpha value is -0.770. The Balaban J connectivity index is 2.14. The summed E-state index contributed by atoms with van der Waals surface area (Å²) in [4.78, 5) is 11.6. The topological polar surface area (TPSA) is 50.4 Å². The molecule has 1 rings (SSSR count). The van der Waals surface area contributed by atoms with E-state index in [1.54, 1.807) is 0 Å². The Morgan fingerprint density at radius 3 is 2.48 bits per heavy atom. The van der Waals surface area contributed by atoms with Crippen LogP contribution in [0.5, 0.6) is 0 Å². The highest BCUT2D eigenvalue weighted by Gasteiger charge is 2.17. The Labute approximate surface area is 130 Å². The first-order chi connectivity index (χ1) is 9.90. The Morgan fingerprint density at radius 1 is 1.24 bits per heavy atom. The monoisotopic (exact) mass is 298 g/mol. The minimum atomic E-state index is -0.430. The molecule has 0 aliphatic heterocycles. The summed E-state index contributed by atoms with van der Waals surface area (Å²) in [5.74, 6) is 0.905. The van der Waals surface area contributed by atoms with Gasteiger partial charge in [-0.25, -0.2) is 4.79 Å². The summed E-state index contributed by atoms with van der Waals surface area (Å²) in [6.45, 7) is 9.48. The van der Waals surface area contributed by atoms with E-state index >= 15 is 0 Å². The van der Waals surface area contributed by atoms with Crippen LogP contribution in [0.15, 0.2) is 0 Å². The number of nitrogens with one attached hydrogen (secondary N) is 2. The van der Waals surface area contributed by atoms with Crippen LogP contribution in [0, 0.1) is 5.92 Å². The molecular weight excluding hydrogens is 264 g/mol. The van der Waals surface area contributed by atoms with Crippen LogP contribution in [-0.2, 0) is 4.74 Å². The van der Waals surface area contributed by atoms with Crippen molar-refractivity contribution in [2.45, 2.75) is 84.3 Å². The van der Waals surface area contributed by atoms with Crippen LogP contribution in [0.25, 0.3) is 0 Å². The Morgan fingerprint density at radius 2 is 1.90 bits per heavy atom. The minimum Gasteiger partial charge on any atom is -0.444 e. The van der Waals surface area contributed by atoms with Crippen molar-refractivity contribution in [2.75, 3.05) is 13.1 Å². The highest BCUT2D eigenvalue weighted by Crippen LogP contribution is 2.25. The molecule has 0 saturated heterocycles. The van der Waals surface area contributed by atoms with E-state index in [0.717, 1.165) is 18.9 Å². The van der Waals surface area contributed by atoms with Crippen LogP contribution in [0.4, 0.5) is 4.79 Å². The molecule has 0 bridgehead atoms. The number of ether oxygens (including phenoxy) is 1. The third kappa shape index (κ3) is 8.97. The second kappa shape index (κ2) is 9.29. The molecule has 1 unspecified atom stereocenters. The second-order valence-electron chi connectivity index (χ2n) is 7.23. The molecule has 1 atom stereocenters. The number of hydrogen-bond donors (Lipinski definition) is 2. The molecule has 1 aliphatic carbocycles. The van der Waals surface area contributed by atoms with Gasteiger partial charge in [-0.3, -0.25) is 0 Å². The van der Waals surface area contributed by atoms with Crippen molar-refractivity contribution in [1.29, 1.82) is 0 Å². The molecule has 0 aromatic carbocycles. The lowest BCUT2D eigenvalue weighted by atomic mass is 9.87. The van der Waals surface area contributed by atoms with E-state index < -0.39 is 5.60 Å². The van der Waals surface area contributed by atoms with E-state index in [9.17, 15) is 4.79 Å². The average Bonchev–Trinajstić information content (AvgIpc) is 2.42. The molecule has 124 valence electrons. The van der Waals surface area contributed by atoms with Crippen molar-refractivity contribution in [1.82, 2.24) is 10.6 Å². The van der Waals surface area contributed by atoms with Crippen molar-refractivity contribution in [3.05, 3.63) is 0 Å². The first-order valence-corrected chi connectivity index (χ1v) is 8.61. The molecule has 2 N–H and O–H groups in total. The first-order valence-electron chi connectivity index (χ1n) is 8.61. The quantitative estimate of drug-likeness (QED) is 0.750. The molecule has 1 fully saturated rings. The van der Waals surface area contributed by atoms with Crippen LogP contribution in [-0.4, -0.2) is 30.8 Å². The van der Waals surface area contributed by atoms with Gasteiger partial charge >= 0.3 is 6.09 Å². The van der Waals surface area contributed by atoms with Crippen LogP contribution in [0.2, 0.25) is 0 Å². The summed E-state index contributed by atoms with van der Waals surface area (Å²) in [5.41, 5.74) is -0.430. The maximum Gasteiger partial charge on any atom is 0.407 e. The lowest BCUT2D eigenvalue weighted by Crippen LogP contribution is -2.43. The summed E-state index contributed by atoms with van der Waals surface area (Å²) in [5, 5.41) is 6.42. The highest BCUT2D eigenvalue weighted by atomic mass is 16.6. The molecule has 4 nitrogen and oxygen atoms in total. The van der Waals surface area contributed by atoms with Crippen molar-refractivity contribution < 1.29 is 9.53 Å². The predicted octanol–water partition coefficient (Wildman–Crippen LogP) is 3.85. The van der Waals surface area contributed by atoms with Crippen LogP contribution in [0.1, 0.15) is 72.6 Å². The van der Waals surface area contributed by atoms with Gasteiger partial charge in [0.1, 0.15) is 5.60 Å². The average molecular weight is 298 g/mol. The first kappa shape index (κ1) is 18.3. The lowest BCUT2D eigenvalue weighted by Gasteiger charge is -2.24. The third-order valence-electron chi connectivity index (χ3n) is 4.09. The van der Waals surface area contributed by atoms with Gasteiger partial charge in [0.2, 0.25) is 0 Å². The van der Waals surface area contributed by atoms with E-state index in [1.807, 2.05) is 20.8 Å². The Bertz CT molecular complexity index is 294. The van der Waals surface area contributed by atoms with Gasteiger partial charge in [0.05, 0.1) is 0 Å². The molecule has 1 aliphatic rings. The molecule has 0 aromatic heterocycles. The van der Waals surface area contributed by atoms with Crippen molar-refractivity contribution in [3.63, 3.8) is 0 Å². The predicted molar refractivity (Wildman–Crippen MR) is 87.5 cm³/mol. The normalized spacial score (nSPS) is 18.3. The van der Waals surface area contributed by atoms with Crippen LogP contribution < -0.4 is 10.6 Å². The lowest BCUT2D eigenvalue weighted by molar-refractivity contribution is 0.0522. The SMILES string of the molecule is CCC(CNC(=O)OC(C)(C)C)NCCC1CCCCC1. The third-order valence-corrected chi connectivity index (χ3v) is 4.09. The van der Waals surface area contributed by atoms with Crippen molar-refractivity contribution in [3.8, 4) is 0 Å². The molecular formula is C17H34N2O2. The van der Waals surface area contributed by atoms with Gasteiger partial charge in [0.25, 0.3) is 0 Å². The van der Waals surface area contributed by atoms with E-state index in [0.29, 0.717) is 12.6 Å².